The molecule has 10 heteroatoms. The summed E-state index contributed by atoms with van der Waals surface area (Å²) in [5, 5.41) is 2.47. The van der Waals surface area contributed by atoms with Gasteiger partial charge in [-0.25, -0.2) is 4.39 Å². The molecule has 0 saturated carbocycles. The highest BCUT2D eigenvalue weighted by Gasteiger charge is 2.31. The first kappa shape index (κ1) is 21.4. The number of hydrogen-bond donors (Lipinski definition) is 2. The second kappa shape index (κ2) is 9.04. The van der Waals surface area contributed by atoms with E-state index in [0.29, 0.717) is 23.3 Å². The van der Waals surface area contributed by atoms with Crippen LogP contribution >= 0.6 is 11.9 Å². The van der Waals surface area contributed by atoms with Crippen LogP contribution in [0.15, 0.2) is 65.7 Å². The minimum atomic E-state index is -4.55. The van der Waals surface area contributed by atoms with Crippen LogP contribution in [-0.2, 0) is 6.18 Å². The first-order chi connectivity index (χ1) is 14.3. The number of amides is 1. The second-order valence-corrected chi connectivity index (χ2v) is 6.78. The van der Waals surface area contributed by atoms with Crippen molar-refractivity contribution in [3.63, 3.8) is 0 Å². The fourth-order valence-corrected chi connectivity index (χ4v) is 3.04. The molecular formula is C20H15F4N3O2S. The molecule has 0 atom stereocenters. The Morgan fingerprint density at radius 1 is 1.03 bits per heavy atom. The van der Waals surface area contributed by atoms with Crippen LogP contribution in [0.1, 0.15) is 16.1 Å². The van der Waals surface area contributed by atoms with Crippen molar-refractivity contribution in [1.82, 2.24) is 10.3 Å². The molecule has 2 aromatic carbocycles. The third-order valence-corrected chi connectivity index (χ3v) is 4.69. The van der Waals surface area contributed by atoms with Crippen molar-refractivity contribution in [2.75, 3.05) is 11.8 Å². The van der Waals surface area contributed by atoms with Gasteiger partial charge in [0.05, 0.1) is 10.5 Å². The fraction of sp³-hybridized carbons (Fsp3) is 0.100. The van der Waals surface area contributed by atoms with Gasteiger partial charge in [-0.3, -0.25) is 9.78 Å². The molecule has 0 spiro atoms. The summed E-state index contributed by atoms with van der Waals surface area (Å²) in [6.45, 7) is 0. The maximum Gasteiger partial charge on any atom is 0.416 e. The molecule has 2 N–H and O–H groups in total. The zero-order valence-electron chi connectivity index (χ0n) is 15.5. The maximum atomic E-state index is 13.8. The largest absolute Gasteiger partial charge is 0.457 e. The summed E-state index contributed by atoms with van der Waals surface area (Å²) in [7, 11) is 1.49. The zero-order valence-corrected chi connectivity index (χ0v) is 16.3. The highest BCUT2D eigenvalue weighted by molar-refractivity contribution is 8.00. The molecule has 0 aliphatic heterocycles. The van der Waals surface area contributed by atoms with Crippen LogP contribution in [0, 0.1) is 5.82 Å². The van der Waals surface area contributed by atoms with Crippen molar-refractivity contribution >= 4 is 23.5 Å². The first-order valence-electron chi connectivity index (χ1n) is 8.52. The molecule has 30 heavy (non-hydrogen) atoms. The van der Waals surface area contributed by atoms with Crippen molar-refractivity contribution in [1.29, 1.82) is 0 Å². The van der Waals surface area contributed by atoms with Crippen molar-refractivity contribution < 1.29 is 27.1 Å². The summed E-state index contributed by atoms with van der Waals surface area (Å²) >= 11 is 0.729. The van der Waals surface area contributed by atoms with Crippen molar-refractivity contribution in [2.24, 2.45) is 0 Å². The molecule has 1 aromatic heterocycles. The number of hydrogen-bond acceptors (Lipinski definition) is 5. The van der Waals surface area contributed by atoms with Crippen LogP contribution in [0.25, 0.3) is 0 Å². The number of anilines is 1. The van der Waals surface area contributed by atoms with Gasteiger partial charge in [-0.15, -0.1) is 0 Å². The molecule has 1 amide bonds. The average Bonchev–Trinajstić information content (AvgIpc) is 2.73. The molecule has 1 heterocycles. The molecule has 0 aliphatic rings. The van der Waals surface area contributed by atoms with E-state index in [0.717, 1.165) is 24.1 Å². The predicted molar refractivity (Wildman–Crippen MR) is 105 cm³/mol. The van der Waals surface area contributed by atoms with E-state index in [1.807, 2.05) is 0 Å². The van der Waals surface area contributed by atoms with Gasteiger partial charge >= 0.3 is 6.18 Å². The van der Waals surface area contributed by atoms with Gasteiger partial charge in [-0.2, -0.15) is 13.2 Å². The van der Waals surface area contributed by atoms with Gasteiger partial charge < -0.3 is 14.8 Å². The van der Waals surface area contributed by atoms with Crippen LogP contribution in [0.3, 0.4) is 0 Å². The number of ether oxygens (including phenoxy) is 1. The van der Waals surface area contributed by atoms with Gasteiger partial charge in [-0.05, 0) is 60.5 Å². The van der Waals surface area contributed by atoms with Crippen LogP contribution < -0.4 is 14.8 Å². The maximum absolute atomic E-state index is 13.8. The van der Waals surface area contributed by atoms with E-state index in [2.05, 4.69) is 15.0 Å². The highest BCUT2D eigenvalue weighted by Crippen LogP contribution is 2.34. The monoisotopic (exact) mass is 437 g/mol. The second-order valence-electron chi connectivity index (χ2n) is 5.93. The SMILES string of the molecule is CNC(=O)c1cc(Oc2ccc(NSc3cc(C(F)(F)F)ccc3F)cc2)ccn1. The summed E-state index contributed by atoms with van der Waals surface area (Å²) in [5.41, 5.74) is -0.192. The lowest BCUT2D eigenvalue weighted by molar-refractivity contribution is -0.137. The molecule has 5 nitrogen and oxygen atoms in total. The fourth-order valence-electron chi connectivity index (χ4n) is 2.33. The van der Waals surface area contributed by atoms with Gasteiger partial charge in [0, 0.05) is 25.0 Å². The topological polar surface area (TPSA) is 63.2 Å². The third kappa shape index (κ3) is 5.41. The Balaban J connectivity index is 1.65. The smallest absolute Gasteiger partial charge is 0.416 e. The summed E-state index contributed by atoms with van der Waals surface area (Å²) in [6.07, 6.45) is -3.11. The normalized spacial score (nSPS) is 11.1. The van der Waals surface area contributed by atoms with Gasteiger partial charge in [0.15, 0.2) is 0 Å². The number of carbonyl (C=O) groups is 1. The number of halogens is 4. The number of nitrogens with one attached hydrogen (secondary N) is 2. The Bertz CT molecular complexity index is 1040. The number of rotatable bonds is 6. The Kier molecular flexibility index (Phi) is 6.46. The van der Waals surface area contributed by atoms with E-state index >= 15 is 0 Å². The van der Waals surface area contributed by atoms with Gasteiger partial charge in [0.25, 0.3) is 5.91 Å². The highest BCUT2D eigenvalue weighted by atomic mass is 32.2. The number of carbonyl (C=O) groups excluding carboxylic acids is 1. The number of benzene rings is 2. The molecule has 0 saturated heterocycles. The van der Waals surface area contributed by atoms with Gasteiger partial charge in [0.1, 0.15) is 23.0 Å². The minimum absolute atomic E-state index is 0.177. The molecule has 0 radical (unpaired) electrons. The van der Waals surface area contributed by atoms with Crippen molar-refractivity contribution in [2.45, 2.75) is 11.1 Å². The summed E-state index contributed by atoms with van der Waals surface area (Å²) in [5.74, 6) is -0.238. The molecule has 3 rings (SSSR count). The molecule has 3 aromatic rings. The van der Waals surface area contributed by atoms with E-state index < -0.39 is 17.6 Å². The number of alkyl halides is 3. The van der Waals surface area contributed by atoms with Crippen molar-refractivity contribution in [3.05, 3.63) is 77.9 Å². The average molecular weight is 437 g/mol. The predicted octanol–water partition coefficient (Wildman–Crippen LogP) is 5.51. The van der Waals surface area contributed by atoms with E-state index in [9.17, 15) is 22.4 Å². The third-order valence-electron chi connectivity index (χ3n) is 3.82. The Hall–Kier alpha value is -3.27. The Labute approximate surface area is 173 Å². The molecule has 0 aliphatic carbocycles. The molecular weight excluding hydrogens is 422 g/mol. The molecule has 156 valence electrons. The quantitative estimate of drug-likeness (QED) is 0.393. The molecule has 0 fully saturated rings. The van der Waals surface area contributed by atoms with Gasteiger partial charge in [-0.1, -0.05) is 0 Å². The van der Waals surface area contributed by atoms with Crippen LogP contribution in [-0.4, -0.2) is 17.9 Å². The Morgan fingerprint density at radius 3 is 2.43 bits per heavy atom. The first-order valence-corrected chi connectivity index (χ1v) is 9.33. The van der Waals surface area contributed by atoms with Crippen LogP contribution in [0.5, 0.6) is 11.5 Å². The lowest BCUT2D eigenvalue weighted by Gasteiger charge is -2.11. The van der Waals surface area contributed by atoms with Crippen LogP contribution in [0.4, 0.5) is 23.2 Å². The summed E-state index contributed by atoms with van der Waals surface area (Å²) in [4.78, 5) is 15.4. The molecule has 0 bridgehead atoms. The lowest BCUT2D eigenvalue weighted by Crippen LogP contribution is -2.18. The number of aromatic nitrogens is 1. The number of nitrogens with zero attached hydrogens (tertiary/aromatic N) is 1. The standard InChI is InChI=1S/C20H15F4N3O2S/c1-25-19(28)17-11-15(8-9-26-17)29-14-5-3-13(4-6-14)27-30-18-10-12(20(22,23)24)2-7-16(18)21/h2-11,27H,1H3,(H,25,28). The van der Waals surface area contributed by atoms with E-state index in [1.165, 1.54) is 19.3 Å². The van der Waals surface area contributed by atoms with Gasteiger partial charge in [0.2, 0.25) is 0 Å². The van der Waals surface area contributed by atoms with E-state index in [1.54, 1.807) is 30.3 Å². The minimum Gasteiger partial charge on any atom is -0.457 e. The zero-order chi connectivity index (χ0) is 21.7. The number of pyridine rings is 1. The molecule has 0 unspecified atom stereocenters. The van der Waals surface area contributed by atoms with E-state index in [-0.39, 0.29) is 16.5 Å². The summed E-state index contributed by atoms with van der Waals surface area (Å²) in [6, 6.07) is 11.8. The summed E-state index contributed by atoms with van der Waals surface area (Å²) < 4.78 is 60.6. The van der Waals surface area contributed by atoms with Crippen LogP contribution in [0.2, 0.25) is 0 Å². The van der Waals surface area contributed by atoms with Crippen molar-refractivity contribution in [3.8, 4) is 11.5 Å². The Morgan fingerprint density at radius 2 is 1.77 bits per heavy atom. The van der Waals surface area contributed by atoms with E-state index in [4.69, 9.17) is 4.74 Å². The lowest BCUT2D eigenvalue weighted by atomic mass is 10.2.